The number of pyridine rings is 2. The Morgan fingerprint density at radius 2 is 1.52 bits per heavy atom. The molecule has 2 aliphatic rings. The number of cyclic esters (lactones) is 1. The first kappa shape index (κ1) is 30.2. The van der Waals surface area contributed by atoms with Gasteiger partial charge in [0, 0.05) is 16.5 Å². The highest BCUT2D eigenvalue weighted by Crippen LogP contribution is 2.52. The molecule has 46 heavy (non-hydrogen) atoms. The Bertz CT molecular complexity index is 1980. The summed E-state index contributed by atoms with van der Waals surface area (Å²) in [6.45, 7) is 1.19. The summed E-state index contributed by atoms with van der Waals surface area (Å²) in [5, 5.41) is 0.974. The van der Waals surface area contributed by atoms with E-state index in [1.807, 2.05) is 91.0 Å². The lowest BCUT2D eigenvalue weighted by Gasteiger charge is -2.36. The van der Waals surface area contributed by atoms with Gasteiger partial charge in [0.05, 0.1) is 42.2 Å². The maximum atomic E-state index is 13.8. The molecule has 10 nitrogen and oxygen atoms in total. The SMILES string of the molecule is CC[C@@]1(OCOP(=O)(OCc2ccccc2)OCc2ccccc2)C(=O)OCc2c1cc1n(c2=O)Cc2cc3ccccc3nc2-1. The average molecular weight is 639 g/mol. The molecule has 0 saturated carbocycles. The number of aromatic nitrogens is 2. The van der Waals surface area contributed by atoms with Crippen molar-refractivity contribution in [3.8, 4) is 11.4 Å². The van der Waals surface area contributed by atoms with Gasteiger partial charge in [0.15, 0.2) is 12.4 Å². The summed E-state index contributed by atoms with van der Waals surface area (Å²) in [6, 6.07) is 30.0. The molecule has 1 atom stereocenters. The molecule has 234 valence electrons. The molecule has 5 aromatic rings. The van der Waals surface area contributed by atoms with Crippen LogP contribution in [0.2, 0.25) is 0 Å². The van der Waals surface area contributed by atoms with Crippen molar-refractivity contribution in [1.82, 2.24) is 9.55 Å². The van der Waals surface area contributed by atoms with Crippen LogP contribution in [0.25, 0.3) is 22.3 Å². The zero-order valence-corrected chi connectivity index (χ0v) is 26.0. The van der Waals surface area contributed by atoms with Gasteiger partial charge in [-0.05, 0) is 35.7 Å². The minimum absolute atomic E-state index is 0.0410. The van der Waals surface area contributed by atoms with Crippen molar-refractivity contribution >= 4 is 24.7 Å². The summed E-state index contributed by atoms with van der Waals surface area (Å²) in [5.74, 6) is -0.676. The second-order valence-electron chi connectivity index (χ2n) is 11.1. The minimum atomic E-state index is -4.21. The summed E-state index contributed by atoms with van der Waals surface area (Å²) in [5.41, 5.74) is 3.19. The van der Waals surface area contributed by atoms with E-state index in [0.717, 1.165) is 27.6 Å². The molecule has 0 saturated heterocycles. The molecule has 0 aliphatic carbocycles. The van der Waals surface area contributed by atoms with Crippen LogP contribution < -0.4 is 5.56 Å². The molecule has 0 N–H and O–H groups in total. The Labute approximate surface area is 265 Å². The number of esters is 1. The van der Waals surface area contributed by atoms with Crippen molar-refractivity contribution in [1.29, 1.82) is 0 Å². The number of phosphoric ester groups is 1. The van der Waals surface area contributed by atoms with Crippen LogP contribution in [0, 0.1) is 0 Å². The Kier molecular flexibility index (Phi) is 8.15. The van der Waals surface area contributed by atoms with E-state index in [-0.39, 0.29) is 31.8 Å². The van der Waals surface area contributed by atoms with Crippen LogP contribution in [-0.2, 0) is 64.4 Å². The van der Waals surface area contributed by atoms with Crippen LogP contribution >= 0.6 is 7.82 Å². The number of fused-ring (bicyclic) bond motifs is 5. The van der Waals surface area contributed by atoms with E-state index in [0.29, 0.717) is 29.1 Å². The van der Waals surface area contributed by atoms with Crippen LogP contribution in [0.3, 0.4) is 0 Å². The number of hydrogen-bond acceptors (Lipinski definition) is 9. The van der Waals surface area contributed by atoms with Crippen molar-refractivity contribution in [2.24, 2.45) is 0 Å². The molecule has 7 rings (SSSR count). The summed E-state index contributed by atoms with van der Waals surface area (Å²) in [7, 11) is -4.21. The molecule has 2 aliphatic heterocycles. The molecule has 0 fully saturated rings. The van der Waals surface area contributed by atoms with E-state index in [9.17, 15) is 14.2 Å². The topological polar surface area (TPSA) is 115 Å². The van der Waals surface area contributed by atoms with Gasteiger partial charge in [0.1, 0.15) is 6.61 Å². The number of ether oxygens (including phenoxy) is 2. The fraction of sp³-hybridized carbons (Fsp3) is 0.229. The predicted molar refractivity (Wildman–Crippen MR) is 169 cm³/mol. The van der Waals surface area contributed by atoms with Gasteiger partial charge < -0.3 is 14.0 Å². The highest BCUT2D eigenvalue weighted by molar-refractivity contribution is 7.48. The molecule has 3 aromatic carbocycles. The number of phosphoric acid groups is 1. The van der Waals surface area contributed by atoms with E-state index in [4.69, 9.17) is 28.0 Å². The van der Waals surface area contributed by atoms with Gasteiger partial charge in [0.25, 0.3) is 5.56 Å². The Hall–Kier alpha value is -4.44. The van der Waals surface area contributed by atoms with E-state index in [1.54, 1.807) is 17.6 Å². The van der Waals surface area contributed by atoms with Crippen molar-refractivity contribution in [2.75, 3.05) is 6.79 Å². The monoisotopic (exact) mass is 638 g/mol. The third-order valence-electron chi connectivity index (χ3n) is 8.37. The molecule has 2 aromatic heterocycles. The van der Waals surface area contributed by atoms with Crippen LogP contribution in [0.5, 0.6) is 0 Å². The summed E-state index contributed by atoms with van der Waals surface area (Å²) in [6.07, 6.45) is 0.114. The van der Waals surface area contributed by atoms with Crippen molar-refractivity contribution < 1.29 is 32.4 Å². The predicted octanol–water partition coefficient (Wildman–Crippen LogP) is 6.62. The summed E-state index contributed by atoms with van der Waals surface area (Å²) < 4.78 is 44.2. The van der Waals surface area contributed by atoms with E-state index >= 15 is 0 Å². The number of carbonyl (C=O) groups is 1. The average Bonchev–Trinajstić information content (AvgIpc) is 3.45. The zero-order valence-electron chi connectivity index (χ0n) is 25.1. The molecule has 4 heterocycles. The van der Waals surface area contributed by atoms with Gasteiger partial charge >= 0.3 is 13.8 Å². The van der Waals surface area contributed by atoms with Crippen LogP contribution in [0.15, 0.2) is 102 Å². The Morgan fingerprint density at radius 1 is 0.870 bits per heavy atom. The maximum Gasteiger partial charge on any atom is 0.477 e. The number of benzene rings is 3. The smallest absolute Gasteiger partial charge is 0.458 e. The van der Waals surface area contributed by atoms with Gasteiger partial charge in [-0.3, -0.25) is 18.4 Å². The van der Waals surface area contributed by atoms with Crippen LogP contribution in [-0.4, -0.2) is 22.3 Å². The van der Waals surface area contributed by atoms with Crippen molar-refractivity contribution in [3.05, 3.63) is 135 Å². The summed E-state index contributed by atoms with van der Waals surface area (Å²) >= 11 is 0. The lowest BCUT2D eigenvalue weighted by Crippen LogP contribution is -2.46. The largest absolute Gasteiger partial charge is 0.477 e. The van der Waals surface area contributed by atoms with Crippen LogP contribution in [0.1, 0.15) is 41.2 Å². The van der Waals surface area contributed by atoms with Gasteiger partial charge in [-0.1, -0.05) is 85.8 Å². The molecule has 0 radical (unpaired) electrons. The second kappa shape index (κ2) is 12.4. The summed E-state index contributed by atoms with van der Waals surface area (Å²) in [4.78, 5) is 32.1. The Balaban J connectivity index is 1.18. The van der Waals surface area contributed by atoms with Crippen molar-refractivity contribution in [3.63, 3.8) is 0 Å². The van der Waals surface area contributed by atoms with Crippen molar-refractivity contribution in [2.45, 2.75) is 45.3 Å². The van der Waals surface area contributed by atoms with Crippen LogP contribution in [0.4, 0.5) is 0 Å². The third kappa shape index (κ3) is 5.59. The number of nitrogens with zero attached hydrogens (tertiary/aromatic N) is 2. The van der Waals surface area contributed by atoms with Gasteiger partial charge in [-0.25, -0.2) is 14.3 Å². The molecular formula is C35H31N2O8P. The van der Waals surface area contributed by atoms with Gasteiger partial charge in [0.2, 0.25) is 0 Å². The van der Waals surface area contributed by atoms with E-state index < -0.39 is 26.2 Å². The fourth-order valence-corrected chi connectivity index (χ4v) is 6.93. The zero-order chi connectivity index (χ0) is 31.7. The minimum Gasteiger partial charge on any atom is -0.458 e. The first-order chi connectivity index (χ1) is 22.4. The maximum absolute atomic E-state index is 13.8. The normalized spacial score (nSPS) is 16.9. The van der Waals surface area contributed by atoms with Gasteiger partial charge in [-0.15, -0.1) is 0 Å². The highest BCUT2D eigenvalue weighted by Gasteiger charge is 2.49. The lowest BCUT2D eigenvalue weighted by molar-refractivity contribution is -0.193. The molecule has 0 spiro atoms. The third-order valence-corrected chi connectivity index (χ3v) is 9.68. The number of rotatable bonds is 11. The molecule has 0 bridgehead atoms. The fourth-order valence-electron chi connectivity index (χ4n) is 5.91. The highest BCUT2D eigenvalue weighted by atomic mass is 31.2. The lowest BCUT2D eigenvalue weighted by atomic mass is 9.85. The second-order valence-corrected chi connectivity index (χ2v) is 12.8. The van der Waals surface area contributed by atoms with E-state index in [1.165, 1.54) is 0 Å². The number of carbonyl (C=O) groups excluding carboxylic acids is 1. The standard InChI is InChI=1S/C35H31N2O8P/c1-2-35(42-23-45-46(40,43-20-24-11-5-3-6-12-24)44-21-25-13-7-4-8-14-25)29-18-31-32-27(17-26-15-9-10-16-30(26)36-32)19-37(31)33(38)28(29)22-41-34(35)39/h3-18H,2,19-23H2,1H3/t35-/m0/s1. The Morgan fingerprint density at radius 3 is 2.20 bits per heavy atom. The quantitative estimate of drug-likeness (QED) is 0.0877. The molecular weight excluding hydrogens is 607 g/mol. The van der Waals surface area contributed by atoms with Gasteiger partial charge in [-0.2, -0.15) is 0 Å². The number of hydrogen-bond donors (Lipinski definition) is 0. The van der Waals surface area contributed by atoms with E-state index in [2.05, 4.69) is 0 Å². The number of para-hydroxylation sites is 1. The molecule has 11 heteroatoms. The molecule has 0 amide bonds. The first-order valence-electron chi connectivity index (χ1n) is 15.0. The first-order valence-corrected chi connectivity index (χ1v) is 16.4. The molecule has 0 unspecified atom stereocenters.